The zero-order valence-corrected chi connectivity index (χ0v) is 13.6. The fraction of sp³-hybridized carbons (Fsp3) is 0.533. The number of carbonyl (C=O) groups excluding carboxylic acids is 3. The summed E-state index contributed by atoms with van der Waals surface area (Å²) >= 11 is 1.38. The molecule has 3 amide bonds. The number of hydrogen-bond donors (Lipinski definition) is 2. The molecule has 7 heteroatoms. The number of hydrogen-bond acceptors (Lipinski definition) is 4. The van der Waals surface area contributed by atoms with Crippen LogP contribution in [0.4, 0.5) is 0 Å². The second-order valence-electron chi connectivity index (χ2n) is 5.57. The highest BCUT2D eigenvalue weighted by Crippen LogP contribution is 2.19. The number of carbonyl (C=O) groups is 3. The van der Waals surface area contributed by atoms with Crippen LogP contribution in [-0.4, -0.2) is 48.3 Å². The van der Waals surface area contributed by atoms with Crippen LogP contribution in [0.1, 0.15) is 29.9 Å². The van der Waals surface area contributed by atoms with Gasteiger partial charge in [0.2, 0.25) is 11.8 Å². The van der Waals surface area contributed by atoms with Crippen LogP contribution in [0.3, 0.4) is 0 Å². The van der Waals surface area contributed by atoms with Crippen molar-refractivity contribution in [2.24, 2.45) is 5.92 Å². The van der Waals surface area contributed by atoms with E-state index in [1.54, 1.807) is 11.0 Å². The lowest BCUT2D eigenvalue weighted by atomic mass is 10.1. The molecule has 0 radical (unpaired) electrons. The molecular formula is C15H21N3O3S. The number of amides is 3. The van der Waals surface area contributed by atoms with E-state index in [0.717, 1.165) is 0 Å². The van der Waals surface area contributed by atoms with Crippen LogP contribution in [0, 0.1) is 5.92 Å². The Morgan fingerprint density at radius 1 is 1.36 bits per heavy atom. The van der Waals surface area contributed by atoms with Gasteiger partial charge in [0.05, 0.1) is 10.8 Å². The van der Waals surface area contributed by atoms with Crippen molar-refractivity contribution in [2.75, 3.05) is 19.6 Å². The van der Waals surface area contributed by atoms with Gasteiger partial charge in [-0.2, -0.15) is 0 Å². The molecule has 2 N–H and O–H groups in total. The van der Waals surface area contributed by atoms with Crippen LogP contribution in [0.2, 0.25) is 0 Å². The van der Waals surface area contributed by atoms with E-state index in [9.17, 15) is 14.4 Å². The molecule has 1 aliphatic rings. The minimum absolute atomic E-state index is 0.0288. The molecule has 1 aromatic rings. The summed E-state index contributed by atoms with van der Waals surface area (Å²) in [6, 6.07) is 3.69. The molecule has 6 nitrogen and oxygen atoms in total. The largest absolute Gasteiger partial charge is 0.354 e. The van der Waals surface area contributed by atoms with Crippen LogP contribution in [-0.2, 0) is 9.59 Å². The lowest BCUT2D eigenvalue weighted by molar-refractivity contribution is -0.129. The van der Waals surface area contributed by atoms with E-state index in [4.69, 9.17) is 0 Å². The molecular weight excluding hydrogens is 302 g/mol. The van der Waals surface area contributed by atoms with Crippen molar-refractivity contribution in [1.82, 2.24) is 15.5 Å². The van der Waals surface area contributed by atoms with Gasteiger partial charge in [-0.3, -0.25) is 14.4 Å². The van der Waals surface area contributed by atoms with E-state index in [2.05, 4.69) is 10.6 Å². The summed E-state index contributed by atoms with van der Waals surface area (Å²) < 4.78 is 0. The SMILES string of the molecule is CC(C)N1CC(C(=O)NCCNC(=O)c2cccs2)CC1=O. The number of rotatable bonds is 6. The Morgan fingerprint density at radius 3 is 2.68 bits per heavy atom. The maximum atomic E-state index is 12.0. The van der Waals surface area contributed by atoms with Gasteiger partial charge in [0.1, 0.15) is 0 Å². The Hall–Kier alpha value is -1.89. The van der Waals surface area contributed by atoms with E-state index >= 15 is 0 Å². The summed E-state index contributed by atoms with van der Waals surface area (Å²) in [5.41, 5.74) is 0. The van der Waals surface area contributed by atoms with Crippen LogP contribution in [0.25, 0.3) is 0 Å². The maximum absolute atomic E-state index is 12.0. The summed E-state index contributed by atoms with van der Waals surface area (Å²) in [6.07, 6.45) is 0.269. The van der Waals surface area contributed by atoms with Gasteiger partial charge in [0, 0.05) is 32.1 Å². The van der Waals surface area contributed by atoms with Crippen molar-refractivity contribution < 1.29 is 14.4 Å². The third kappa shape index (κ3) is 4.07. The Morgan fingerprint density at radius 2 is 2.09 bits per heavy atom. The number of likely N-dealkylation sites (tertiary alicyclic amines) is 1. The highest BCUT2D eigenvalue weighted by atomic mass is 32.1. The molecule has 0 bridgehead atoms. The van der Waals surface area contributed by atoms with Crippen LogP contribution < -0.4 is 10.6 Å². The van der Waals surface area contributed by atoms with Gasteiger partial charge in [0.25, 0.3) is 5.91 Å². The van der Waals surface area contributed by atoms with Crippen molar-refractivity contribution in [3.8, 4) is 0 Å². The zero-order chi connectivity index (χ0) is 16.1. The second-order valence-corrected chi connectivity index (χ2v) is 6.51. The van der Waals surface area contributed by atoms with E-state index < -0.39 is 0 Å². The van der Waals surface area contributed by atoms with Gasteiger partial charge in [-0.15, -0.1) is 11.3 Å². The summed E-state index contributed by atoms with van der Waals surface area (Å²) in [5.74, 6) is -0.516. The molecule has 120 valence electrons. The molecule has 0 aliphatic carbocycles. The van der Waals surface area contributed by atoms with Gasteiger partial charge in [-0.1, -0.05) is 6.07 Å². The van der Waals surface area contributed by atoms with Crippen molar-refractivity contribution >= 4 is 29.1 Å². The minimum Gasteiger partial charge on any atom is -0.354 e. The van der Waals surface area contributed by atoms with E-state index in [1.165, 1.54) is 11.3 Å². The predicted molar refractivity (Wildman–Crippen MR) is 84.6 cm³/mol. The average Bonchev–Trinajstić information content (AvgIpc) is 3.12. The smallest absolute Gasteiger partial charge is 0.261 e. The quantitative estimate of drug-likeness (QED) is 0.762. The summed E-state index contributed by atoms with van der Waals surface area (Å²) in [4.78, 5) is 37.9. The van der Waals surface area contributed by atoms with Crippen molar-refractivity contribution in [3.05, 3.63) is 22.4 Å². The molecule has 1 aliphatic heterocycles. The van der Waals surface area contributed by atoms with E-state index in [-0.39, 0.29) is 36.1 Å². The lowest BCUT2D eigenvalue weighted by Crippen LogP contribution is -2.39. The monoisotopic (exact) mass is 323 g/mol. The number of nitrogens with one attached hydrogen (secondary N) is 2. The first-order valence-corrected chi connectivity index (χ1v) is 8.26. The second kappa shape index (κ2) is 7.40. The molecule has 1 aromatic heterocycles. The molecule has 1 unspecified atom stereocenters. The predicted octanol–water partition coefficient (Wildman–Crippen LogP) is 0.851. The molecule has 2 heterocycles. The fourth-order valence-corrected chi connectivity index (χ4v) is 3.05. The molecule has 1 saturated heterocycles. The number of nitrogens with zero attached hydrogens (tertiary/aromatic N) is 1. The maximum Gasteiger partial charge on any atom is 0.261 e. The molecule has 0 aromatic carbocycles. The minimum atomic E-state index is -0.289. The van der Waals surface area contributed by atoms with Crippen molar-refractivity contribution in [3.63, 3.8) is 0 Å². The highest BCUT2D eigenvalue weighted by Gasteiger charge is 2.35. The first-order chi connectivity index (χ1) is 10.5. The summed E-state index contributed by atoms with van der Waals surface area (Å²) in [7, 11) is 0. The normalized spacial score (nSPS) is 17.9. The topological polar surface area (TPSA) is 78.5 Å². The first kappa shape index (κ1) is 16.5. The standard InChI is InChI=1S/C15H21N3O3S/c1-10(2)18-9-11(8-13(18)19)14(20)16-5-6-17-15(21)12-4-3-7-22-12/h3-4,7,10-11H,5-6,8-9H2,1-2H3,(H,16,20)(H,17,21). The highest BCUT2D eigenvalue weighted by molar-refractivity contribution is 7.12. The van der Waals surface area contributed by atoms with E-state index in [1.807, 2.05) is 25.3 Å². The third-order valence-electron chi connectivity index (χ3n) is 3.61. The van der Waals surface area contributed by atoms with Gasteiger partial charge >= 0.3 is 0 Å². The van der Waals surface area contributed by atoms with Crippen LogP contribution in [0.15, 0.2) is 17.5 Å². The molecule has 1 fully saturated rings. The van der Waals surface area contributed by atoms with E-state index in [0.29, 0.717) is 24.5 Å². The molecule has 1 atom stereocenters. The Kier molecular flexibility index (Phi) is 5.54. The zero-order valence-electron chi connectivity index (χ0n) is 12.8. The lowest BCUT2D eigenvalue weighted by Gasteiger charge is -2.20. The fourth-order valence-electron chi connectivity index (χ4n) is 2.41. The molecule has 0 saturated carbocycles. The summed E-state index contributed by atoms with van der Waals surface area (Å²) in [5, 5.41) is 7.36. The van der Waals surface area contributed by atoms with Gasteiger partial charge < -0.3 is 15.5 Å². The molecule has 0 spiro atoms. The Balaban J connectivity index is 1.68. The Bertz CT molecular complexity index is 542. The average molecular weight is 323 g/mol. The summed E-state index contributed by atoms with van der Waals surface area (Å²) in [6.45, 7) is 5.10. The number of thiophene rings is 1. The van der Waals surface area contributed by atoms with Gasteiger partial charge in [-0.05, 0) is 25.3 Å². The van der Waals surface area contributed by atoms with Crippen molar-refractivity contribution in [2.45, 2.75) is 26.3 Å². The van der Waals surface area contributed by atoms with Crippen LogP contribution in [0.5, 0.6) is 0 Å². The molecule has 22 heavy (non-hydrogen) atoms. The van der Waals surface area contributed by atoms with Crippen LogP contribution >= 0.6 is 11.3 Å². The Labute approximate surface area is 133 Å². The van der Waals surface area contributed by atoms with Gasteiger partial charge in [-0.25, -0.2) is 0 Å². The first-order valence-electron chi connectivity index (χ1n) is 7.38. The van der Waals surface area contributed by atoms with Crippen molar-refractivity contribution in [1.29, 1.82) is 0 Å². The molecule has 2 rings (SSSR count). The third-order valence-corrected chi connectivity index (χ3v) is 4.48. The van der Waals surface area contributed by atoms with Gasteiger partial charge in [0.15, 0.2) is 0 Å².